The molecule has 0 saturated heterocycles. The Bertz CT molecular complexity index is 614. The van der Waals surface area contributed by atoms with E-state index in [9.17, 15) is 5.11 Å². The van der Waals surface area contributed by atoms with Crippen LogP contribution in [0.2, 0.25) is 5.02 Å². The number of aryl methyl sites for hydroxylation is 1. The number of halogens is 1. The number of phenols is 1. The molecule has 2 nitrogen and oxygen atoms in total. The summed E-state index contributed by atoms with van der Waals surface area (Å²) in [5.74, 6) is 0.0447. The molecule has 0 radical (unpaired) electrons. The lowest BCUT2D eigenvalue weighted by atomic mass is 10.0. The fraction of sp³-hybridized carbons (Fsp3) is 0.0714. The van der Waals surface area contributed by atoms with Crippen LogP contribution in [0.5, 0.6) is 5.75 Å². The Kier molecular flexibility index (Phi) is 3.03. The van der Waals surface area contributed by atoms with Gasteiger partial charge in [-0.2, -0.15) is 5.26 Å². The van der Waals surface area contributed by atoms with Gasteiger partial charge in [-0.3, -0.25) is 0 Å². The van der Waals surface area contributed by atoms with E-state index in [4.69, 9.17) is 16.9 Å². The Balaban J connectivity index is 2.54. The standard InChI is InChI=1S/C14H10ClNO/c1-9-2-3-10(6-12(9)8-16)11-4-5-13(15)14(17)7-11/h2-7,17H,1H3. The van der Waals surface area contributed by atoms with Gasteiger partial charge in [0.25, 0.3) is 0 Å². The number of aromatic hydroxyl groups is 1. The number of phenolic OH excluding ortho intramolecular Hbond substituents is 1. The van der Waals surface area contributed by atoms with Crippen molar-refractivity contribution in [2.24, 2.45) is 0 Å². The van der Waals surface area contributed by atoms with Gasteiger partial charge in [0.1, 0.15) is 5.75 Å². The number of benzene rings is 2. The molecule has 2 aromatic rings. The first kappa shape index (κ1) is 11.5. The molecule has 0 aliphatic carbocycles. The zero-order valence-corrected chi connectivity index (χ0v) is 9.99. The van der Waals surface area contributed by atoms with E-state index >= 15 is 0 Å². The molecule has 1 N–H and O–H groups in total. The minimum atomic E-state index is 0.0447. The number of hydrogen-bond acceptors (Lipinski definition) is 2. The largest absolute Gasteiger partial charge is 0.506 e. The van der Waals surface area contributed by atoms with Crippen molar-refractivity contribution in [3.63, 3.8) is 0 Å². The molecule has 0 aliphatic rings. The number of hydrogen-bond donors (Lipinski definition) is 1. The summed E-state index contributed by atoms with van der Waals surface area (Å²) in [4.78, 5) is 0. The molecule has 0 aliphatic heterocycles. The van der Waals surface area contributed by atoms with Gasteiger partial charge in [0, 0.05) is 0 Å². The molecule has 0 saturated carbocycles. The monoisotopic (exact) mass is 243 g/mol. The molecular weight excluding hydrogens is 234 g/mol. The van der Waals surface area contributed by atoms with Crippen molar-refractivity contribution in [2.45, 2.75) is 6.92 Å². The third-order valence-electron chi connectivity index (χ3n) is 2.64. The fourth-order valence-corrected chi connectivity index (χ4v) is 1.73. The van der Waals surface area contributed by atoms with E-state index < -0.39 is 0 Å². The zero-order chi connectivity index (χ0) is 12.4. The minimum absolute atomic E-state index is 0.0447. The van der Waals surface area contributed by atoms with Crippen molar-refractivity contribution in [3.05, 3.63) is 52.5 Å². The maximum atomic E-state index is 9.55. The quantitative estimate of drug-likeness (QED) is 0.826. The van der Waals surface area contributed by atoms with Gasteiger partial charge in [-0.25, -0.2) is 0 Å². The van der Waals surface area contributed by atoms with Crippen molar-refractivity contribution in [1.29, 1.82) is 5.26 Å². The summed E-state index contributed by atoms with van der Waals surface area (Å²) >= 11 is 5.75. The van der Waals surface area contributed by atoms with E-state index in [0.717, 1.165) is 16.7 Å². The first-order valence-corrected chi connectivity index (χ1v) is 5.49. The SMILES string of the molecule is Cc1ccc(-c2ccc(Cl)c(O)c2)cc1C#N. The van der Waals surface area contributed by atoms with Crippen LogP contribution in [0.3, 0.4) is 0 Å². The Morgan fingerprint density at radius 3 is 2.41 bits per heavy atom. The molecule has 2 rings (SSSR count). The highest BCUT2D eigenvalue weighted by molar-refractivity contribution is 6.32. The summed E-state index contributed by atoms with van der Waals surface area (Å²) in [5, 5.41) is 18.8. The highest BCUT2D eigenvalue weighted by atomic mass is 35.5. The topological polar surface area (TPSA) is 44.0 Å². The lowest BCUT2D eigenvalue weighted by Crippen LogP contribution is -1.84. The summed E-state index contributed by atoms with van der Waals surface area (Å²) in [7, 11) is 0. The molecule has 0 spiro atoms. The number of nitriles is 1. The van der Waals surface area contributed by atoms with Crippen LogP contribution in [-0.4, -0.2) is 5.11 Å². The van der Waals surface area contributed by atoms with E-state index in [0.29, 0.717) is 10.6 Å². The third-order valence-corrected chi connectivity index (χ3v) is 2.96. The van der Waals surface area contributed by atoms with Crippen LogP contribution in [0.4, 0.5) is 0 Å². The zero-order valence-electron chi connectivity index (χ0n) is 9.24. The molecule has 0 aromatic heterocycles. The predicted octanol–water partition coefficient (Wildman–Crippen LogP) is 3.89. The van der Waals surface area contributed by atoms with Crippen LogP contribution in [0.1, 0.15) is 11.1 Å². The number of rotatable bonds is 1. The molecule has 0 unspecified atom stereocenters. The van der Waals surface area contributed by atoms with Gasteiger partial charge in [-0.05, 0) is 41.8 Å². The summed E-state index contributed by atoms with van der Waals surface area (Å²) in [5.41, 5.74) is 3.30. The Morgan fingerprint density at radius 2 is 1.76 bits per heavy atom. The van der Waals surface area contributed by atoms with Crippen molar-refractivity contribution >= 4 is 11.6 Å². The molecule has 2 aromatic carbocycles. The average Bonchev–Trinajstić information content (AvgIpc) is 2.33. The van der Waals surface area contributed by atoms with E-state index in [2.05, 4.69) is 6.07 Å². The van der Waals surface area contributed by atoms with Gasteiger partial charge >= 0.3 is 0 Å². The van der Waals surface area contributed by atoms with Crippen LogP contribution in [0.25, 0.3) is 11.1 Å². The van der Waals surface area contributed by atoms with Gasteiger partial charge in [-0.15, -0.1) is 0 Å². The van der Waals surface area contributed by atoms with Crippen LogP contribution >= 0.6 is 11.6 Å². The second-order valence-corrected chi connectivity index (χ2v) is 4.21. The van der Waals surface area contributed by atoms with E-state index in [1.165, 1.54) is 0 Å². The van der Waals surface area contributed by atoms with E-state index in [1.54, 1.807) is 18.2 Å². The average molecular weight is 244 g/mol. The van der Waals surface area contributed by atoms with Gasteiger partial charge in [0.15, 0.2) is 0 Å². The van der Waals surface area contributed by atoms with Gasteiger partial charge in [0.2, 0.25) is 0 Å². The highest BCUT2D eigenvalue weighted by Crippen LogP contribution is 2.30. The summed E-state index contributed by atoms with van der Waals surface area (Å²) in [6.45, 7) is 1.89. The van der Waals surface area contributed by atoms with Gasteiger partial charge in [-0.1, -0.05) is 29.8 Å². The second kappa shape index (κ2) is 4.48. The van der Waals surface area contributed by atoms with Crippen LogP contribution in [-0.2, 0) is 0 Å². The van der Waals surface area contributed by atoms with Crippen molar-refractivity contribution in [2.75, 3.05) is 0 Å². The molecular formula is C14H10ClNO. The van der Waals surface area contributed by atoms with Crippen molar-refractivity contribution in [3.8, 4) is 22.9 Å². The maximum Gasteiger partial charge on any atom is 0.134 e. The second-order valence-electron chi connectivity index (χ2n) is 3.81. The van der Waals surface area contributed by atoms with Crippen molar-refractivity contribution < 1.29 is 5.11 Å². The van der Waals surface area contributed by atoms with Crippen LogP contribution < -0.4 is 0 Å². The molecule has 0 atom stereocenters. The number of nitrogens with zero attached hydrogens (tertiary/aromatic N) is 1. The van der Waals surface area contributed by atoms with Crippen LogP contribution in [0, 0.1) is 18.3 Å². The molecule has 0 heterocycles. The van der Waals surface area contributed by atoms with Gasteiger partial charge < -0.3 is 5.11 Å². The minimum Gasteiger partial charge on any atom is -0.506 e. The smallest absolute Gasteiger partial charge is 0.134 e. The summed E-state index contributed by atoms with van der Waals surface area (Å²) < 4.78 is 0. The first-order chi connectivity index (χ1) is 8.11. The first-order valence-electron chi connectivity index (χ1n) is 5.11. The Hall–Kier alpha value is -1.98. The molecule has 17 heavy (non-hydrogen) atoms. The predicted molar refractivity (Wildman–Crippen MR) is 68.0 cm³/mol. The van der Waals surface area contributed by atoms with Gasteiger partial charge in [0.05, 0.1) is 16.7 Å². The Morgan fingerprint density at radius 1 is 1.12 bits per heavy atom. The molecule has 84 valence electrons. The maximum absolute atomic E-state index is 9.55. The molecule has 3 heteroatoms. The van der Waals surface area contributed by atoms with E-state index in [-0.39, 0.29) is 5.75 Å². The summed E-state index contributed by atoms with van der Waals surface area (Å²) in [6, 6.07) is 12.8. The Labute approximate surface area is 105 Å². The lowest BCUT2D eigenvalue weighted by Gasteiger charge is -2.05. The third kappa shape index (κ3) is 2.25. The highest BCUT2D eigenvalue weighted by Gasteiger charge is 2.05. The van der Waals surface area contributed by atoms with E-state index in [1.807, 2.05) is 25.1 Å². The fourth-order valence-electron chi connectivity index (χ4n) is 1.61. The van der Waals surface area contributed by atoms with Crippen molar-refractivity contribution in [1.82, 2.24) is 0 Å². The molecule has 0 bridgehead atoms. The summed E-state index contributed by atoms with van der Waals surface area (Å²) in [6.07, 6.45) is 0. The normalized spacial score (nSPS) is 9.94. The van der Waals surface area contributed by atoms with Crippen LogP contribution in [0.15, 0.2) is 36.4 Å². The molecule has 0 amide bonds. The lowest BCUT2D eigenvalue weighted by molar-refractivity contribution is 0.476. The molecule has 0 fully saturated rings.